The fourth-order valence-electron chi connectivity index (χ4n) is 1.86. The van der Waals surface area contributed by atoms with Gasteiger partial charge in [0.15, 0.2) is 5.96 Å². The van der Waals surface area contributed by atoms with Crippen LogP contribution < -0.4 is 10.6 Å². The first kappa shape index (κ1) is 20.7. The van der Waals surface area contributed by atoms with E-state index in [4.69, 9.17) is 0 Å². The van der Waals surface area contributed by atoms with Gasteiger partial charge in [0.1, 0.15) is 5.01 Å². The maximum absolute atomic E-state index is 12.5. The Labute approximate surface area is 159 Å². The van der Waals surface area contributed by atoms with Crippen LogP contribution in [0.25, 0.3) is 0 Å². The Morgan fingerprint density at radius 3 is 2.29 bits per heavy atom. The van der Waals surface area contributed by atoms with Crippen molar-refractivity contribution in [2.45, 2.75) is 26.2 Å². The Kier molecular flexibility index (Phi) is 7.94. The molecule has 2 N–H and O–H groups in total. The third-order valence-electron chi connectivity index (χ3n) is 3.04. The molecule has 0 radical (unpaired) electrons. The van der Waals surface area contributed by atoms with Gasteiger partial charge in [-0.15, -0.1) is 35.3 Å². The smallest absolute Gasteiger partial charge is 0.352 e. The average molecular weight is 470 g/mol. The second-order valence-electron chi connectivity index (χ2n) is 4.84. The van der Waals surface area contributed by atoms with Crippen LogP contribution in [-0.2, 0) is 19.3 Å². The molecular weight excluding hydrogens is 452 g/mol. The monoisotopic (exact) mass is 470 g/mol. The molecule has 0 unspecified atom stereocenters. The van der Waals surface area contributed by atoms with Gasteiger partial charge in [-0.3, -0.25) is 4.99 Å². The topological polar surface area (TPSA) is 49.3 Å². The summed E-state index contributed by atoms with van der Waals surface area (Å²) in [7, 11) is 1.63. The van der Waals surface area contributed by atoms with Crippen molar-refractivity contribution in [2.75, 3.05) is 7.05 Å². The standard InChI is InChI=1S/C15H17F3N4S.HI/c1-10-7-20-13(23-10)9-22-14(19-2)21-8-11-3-5-12(6-4-11)15(16,17)18;/h3-7H,8-9H2,1-2H3,(H2,19,21,22);1H. The van der Waals surface area contributed by atoms with Crippen molar-refractivity contribution in [2.24, 2.45) is 4.99 Å². The van der Waals surface area contributed by atoms with E-state index < -0.39 is 11.7 Å². The Morgan fingerprint density at radius 2 is 1.79 bits per heavy atom. The van der Waals surface area contributed by atoms with Gasteiger partial charge in [-0.05, 0) is 24.6 Å². The number of aryl methyl sites for hydroxylation is 1. The zero-order valence-corrected chi connectivity index (χ0v) is 16.3. The predicted molar refractivity (Wildman–Crippen MR) is 101 cm³/mol. The molecule has 4 nitrogen and oxygen atoms in total. The molecule has 2 aromatic rings. The maximum Gasteiger partial charge on any atom is 0.416 e. The molecule has 1 heterocycles. The van der Waals surface area contributed by atoms with Gasteiger partial charge < -0.3 is 10.6 Å². The van der Waals surface area contributed by atoms with Gasteiger partial charge in [0.25, 0.3) is 0 Å². The van der Waals surface area contributed by atoms with Gasteiger partial charge in [0, 0.05) is 24.7 Å². The lowest BCUT2D eigenvalue weighted by Crippen LogP contribution is -2.36. The summed E-state index contributed by atoms with van der Waals surface area (Å²) >= 11 is 1.60. The van der Waals surface area contributed by atoms with Crippen molar-refractivity contribution in [1.29, 1.82) is 0 Å². The van der Waals surface area contributed by atoms with E-state index in [2.05, 4.69) is 20.6 Å². The van der Waals surface area contributed by atoms with Crippen LogP contribution in [-0.4, -0.2) is 18.0 Å². The van der Waals surface area contributed by atoms with Crippen LogP contribution >= 0.6 is 35.3 Å². The molecule has 0 amide bonds. The lowest BCUT2D eigenvalue weighted by atomic mass is 10.1. The third-order valence-corrected chi connectivity index (χ3v) is 3.95. The summed E-state index contributed by atoms with van der Waals surface area (Å²) in [5, 5.41) is 7.11. The molecule has 0 aliphatic heterocycles. The number of halogens is 4. The van der Waals surface area contributed by atoms with Gasteiger partial charge in [-0.2, -0.15) is 13.2 Å². The predicted octanol–water partition coefficient (Wildman–Crippen LogP) is 3.95. The average Bonchev–Trinajstić information content (AvgIpc) is 2.92. The molecule has 1 aromatic carbocycles. The summed E-state index contributed by atoms with van der Waals surface area (Å²) in [6, 6.07) is 5.05. The summed E-state index contributed by atoms with van der Waals surface area (Å²) in [5.41, 5.74) is 0.0916. The van der Waals surface area contributed by atoms with Gasteiger partial charge in [-0.25, -0.2) is 4.98 Å². The molecule has 24 heavy (non-hydrogen) atoms. The summed E-state index contributed by atoms with van der Waals surface area (Å²) < 4.78 is 37.5. The number of hydrogen-bond acceptors (Lipinski definition) is 3. The molecule has 9 heteroatoms. The van der Waals surface area contributed by atoms with Gasteiger partial charge in [0.05, 0.1) is 12.1 Å². The first-order chi connectivity index (χ1) is 10.9. The Balaban J connectivity index is 0.00000288. The van der Waals surface area contributed by atoms with Crippen molar-refractivity contribution < 1.29 is 13.2 Å². The summed E-state index contributed by atoms with van der Waals surface area (Å²) in [5.74, 6) is 0.567. The second-order valence-corrected chi connectivity index (χ2v) is 6.16. The normalized spacial score (nSPS) is 11.8. The molecule has 0 aliphatic rings. The van der Waals surface area contributed by atoms with E-state index in [0.29, 0.717) is 19.0 Å². The van der Waals surface area contributed by atoms with Crippen molar-refractivity contribution >= 4 is 41.3 Å². The molecule has 0 saturated heterocycles. The van der Waals surface area contributed by atoms with E-state index in [1.54, 1.807) is 24.6 Å². The van der Waals surface area contributed by atoms with Crippen LogP contribution in [0.5, 0.6) is 0 Å². The lowest BCUT2D eigenvalue weighted by molar-refractivity contribution is -0.137. The zero-order valence-electron chi connectivity index (χ0n) is 13.1. The molecule has 0 bridgehead atoms. The Hall–Kier alpha value is -1.36. The van der Waals surface area contributed by atoms with Crippen molar-refractivity contribution in [1.82, 2.24) is 15.6 Å². The Morgan fingerprint density at radius 1 is 1.17 bits per heavy atom. The number of hydrogen-bond donors (Lipinski definition) is 2. The molecule has 0 fully saturated rings. The summed E-state index contributed by atoms with van der Waals surface area (Å²) in [6.45, 7) is 2.92. The summed E-state index contributed by atoms with van der Waals surface area (Å²) in [6.07, 6.45) is -2.50. The lowest BCUT2D eigenvalue weighted by Gasteiger charge is -2.12. The summed E-state index contributed by atoms with van der Waals surface area (Å²) in [4.78, 5) is 9.45. The van der Waals surface area contributed by atoms with E-state index in [1.807, 2.05) is 6.92 Å². The van der Waals surface area contributed by atoms with Crippen molar-refractivity contribution in [3.8, 4) is 0 Å². The van der Waals surface area contributed by atoms with E-state index in [-0.39, 0.29) is 24.0 Å². The van der Waals surface area contributed by atoms with Crippen LogP contribution in [0.15, 0.2) is 35.5 Å². The highest BCUT2D eigenvalue weighted by atomic mass is 127. The zero-order chi connectivity index (χ0) is 16.9. The highest BCUT2D eigenvalue weighted by Gasteiger charge is 2.29. The fourth-order valence-corrected chi connectivity index (χ4v) is 2.59. The van der Waals surface area contributed by atoms with Crippen molar-refractivity contribution in [3.05, 3.63) is 51.5 Å². The van der Waals surface area contributed by atoms with Gasteiger partial charge >= 0.3 is 6.18 Å². The molecule has 132 valence electrons. The van der Waals surface area contributed by atoms with Crippen LogP contribution in [0.1, 0.15) is 21.0 Å². The number of nitrogens with one attached hydrogen (secondary N) is 2. The number of rotatable bonds is 4. The van der Waals surface area contributed by atoms with Crippen molar-refractivity contribution in [3.63, 3.8) is 0 Å². The number of alkyl halides is 3. The van der Waals surface area contributed by atoms with Gasteiger partial charge in [-0.1, -0.05) is 12.1 Å². The van der Waals surface area contributed by atoms with Gasteiger partial charge in [0.2, 0.25) is 0 Å². The largest absolute Gasteiger partial charge is 0.416 e. The number of aliphatic imine (C=N–C) groups is 1. The minimum Gasteiger partial charge on any atom is -0.352 e. The second kappa shape index (κ2) is 9.21. The fraction of sp³-hybridized carbons (Fsp3) is 0.333. The van der Waals surface area contributed by atoms with Crippen LogP contribution in [0.2, 0.25) is 0 Å². The number of nitrogens with zero attached hydrogens (tertiary/aromatic N) is 2. The molecule has 0 atom stereocenters. The molecular formula is C15H18F3IN4S. The highest BCUT2D eigenvalue weighted by Crippen LogP contribution is 2.29. The van der Waals surface area contributed by atoms with E-state index in [1.165, 1.54) is 12.1 Å². The maximum atomic E-state index is 12.5. The first-order valence-electron chi connectivity index (χ1n) is 6.90. The van der Waals surface area contributed by atoms with Crippen LogP contribution in [0.3, 0.4) is 0 Å². The Bertz CT molecular complexity index is 668. The highest BCUT2D eigenvalue weighted by molar-refractivity contribution is 14.0. The molecule has 0 aliphatic carbocycles. The molecule has 2 rings (SSSR count). The minimum atomic E-state index is -4.31. The van der Waals surface area contributed by atoms with Crippen LogP contribution in [0.4, 0.5) is 13.2 Å². The molecule has 0 saturated carbocycles. The molecule has 1 aromatic heterocycles. The van der Waals surface area contributed by atoms with Crippen LogP contribution in [0, 0.1) is 6.92 Å². The SMILES string of the molecule is CN=C(NCc1ccc(C(F)(F)F)cc1)NCc1ncc(C)s1.I. The number of thiazole rings is 1. The van der Waals surface area contributed by atoms with E-state index >= 15 is 0 Å². The third kappa shape index (κ3) is 6.27. The quantitative estimate of drug-likeness (QED) is 0.404. The number of guanidine groups is 1. The molecule has 0 spiro atoms. The number of benzene rings is 1. The van der Waals surface area contributed by atoms with E-state index in [0.717, 1.165) is 27.6 Å². The van der Waals surface area contributed by atoms with E-state index in [9.17, 15) is 13.2 Å². The first-order valence-corrected chi connectivity index (χ1v) is 7.72. The minimum absolute atomic E-state index is 0. The number of aromatic nitrogens is 1.